The van der Waals surface area contributed by atoms with Crippen molar-refractivity contribution in [2.24, 2.45) is 5.92 Å². The van der Waals surface area contributed by atoms with Gasteiger partial charge in [0.2, 0.25) is 0 Å². The van der Waals surface area contributed by atoms with Crippen LogP contribution in [0.15, 0.2) is 54.6 Å². The Hall–Kier alpha value is -3.48. The second-order valence-electron chi connectivity index (χ2n) is 7.04. The molecule has 3 rings (SSSR count). The van der Waals surface area contributed by atoms with Gasteiger partial charge < -0.3 is 10.1 Å². The molecule has 150 valence electrons. The Kier molecular flexibility index (Phi) is 6.07. The Morgan fingerprint density at radius 3 is 2.03 bits per heavy atom. The van der Waals surface area contributed by atoms with Gasteiger partial charge in [0.25, 0.3) is 17.7 Å². The number of fused-ring (bicyclic) bond motifs is 1. The second-order valence-corrected chi connectivity index (χ2v) is 7.04. The van der Waals surface area contributed by atoms with Crippen LogP contribution in [0.4, 0.5) is 0 Å². The molecule has 0 aliphatic carbocycles. The molecule has 1 aliphatic rings. The smallest absolute Gasteiger partial charge is 0.328 e. The van der Waals surface area contributed by atoms with Crippen molar-refractivity contribution in [1.29, 1.82) is 0 Å². The highest BCUT2D eigenvalue weighted by molar-refractivity contribution is 6.21. The van der Waals surface area contributed by atoms with Crippen molar-refractivity contribution in [3.8, 4) is 0 Å². The van der Waals surface area contributed by atoms with Gasteiger partial charge in [0.1, 0.15) is 12.6 Å². The summed E-state index contributed by atoms with van der Waals surface area (Å²) in [4.78, 5) is 50.6. The van der Waals surface area contributed by atoms with E-state index in [1.54, 1.807) is 68.4 Å². The third kappa shape index (κ3) is 4.34. The van der Waals surface area contributed by atoms with Crippen LogP contribution in [0.3, 0.4) is 0 Å². The first-order valence-electron chi connectivity index (χ1n) is 9.38. The summed E-state index contributed by atoms with van der Waals surface area (Å²) in [5, 5.41) is 2.68. The number of nitrogens with zero attached hydrogens (tertiary/aromatic N) is 1. The fourth-order valence-corrected chi connectivity index (χ4v) is 3.08. The van der Waals surface area contributed by atoms with Crippen molar-refractivity contribution >= 4 is 23.7 Å². The highest BCUT2D eigenvalue weighted by Gasteiger charge is 2.35. The molecule has 1 N–H and O–H groups in total. The monoisotopic (exact) mass is 394 g/mol. The summed E-state index contributed by atoms with van der Waals surface area (Å²) < 4.78 is 5.26. The molecule has 1 aliphatic heterocycles. The van der Waals surface area contributed by atoms with Gasteiger partial charge in [0.05, 0.1) is 17.7 Å². The molecule has 0 unspecified atom stereocenters. The molecule has 0 saturated carbocycles. The van der Waals surface area contributed by atoms with E-state index in [2.05, 4.69) is 5.32 Å². The minimum absolute atomic E-state index is 0.0461. The van der Waals surface area contributed by atoms with Crippen LogP contribution in [0.2, 0.25) is 0 Å². The van der Waals surface area contributed by atoms with Crippen LogP contribution in [0, 0.1) is 5.92 Å². The molecule has 1 heterocycles. The van der Waals surface area contributed by atoms with Crippen molar-refractivity contribution in [2.75, 3.05) is 13.2 Å². The normalized spacial score (nSPS) is 14.0. The van der Waals surface area contributed by atoms with Crippen LogP contribution in [0.25, 0.3) is 0 Å². The number of benzene rings is 2. The van der Waals surface area contributed by atoms with E-state index in [-0.39, 0.29) is 25.0 Å². The lowest BCUT2D eigenvalue weighted by atomic mass is 10.0. The zero-order chi connectivity index (χ0) is 21.0. The zero-order valence-electron chi connectivity index (χ0n) is 16.3. The number of esters is 1. The van der Waals surface area contributed by atoms with Crippen molar-refractivity contribution in [2.45, 2.75) is 19.9 Å². The van der Waals surface area contributed by atoms with Crippen molar-refractivity contribution in [1.82, 2.24) is 10.2 Å². The molecule has 3 amide bonds. The van der Waals surface area contributed by atoms with E-state index in [4.69, 9.17) is 4.74 Å². The molecule has 2 aromatic carbocycles. The molecule has 7 nitrogen and oxygen atoms in total. The maximum atomic E-state index is 12.5. The van der Waals surface area contributed by atoms with Gasteiger partial charge in [-0.1, -0.05) is 44.2 Å². The Balaban J connectivity index is 1.57. The minimum Gasteiger partial charge on any atom is -0.462 e. The summed E-state index contributed by atoms with van der Waals surface area (Å²) in [6.45, 7) is 3.40. The zero-order valence-corrected chi connectivity index (χ0v) is 16.3. The summed E-state index contributed by atoms with van der Waals surface area (Å²) in [7, 11) is 0. The average Bonchev–Trinajstić information content (AvgIpc) is 2.97. The number of nitrogens with one attached hydrogen (secondary N) is 1. The van der Waals surface area contributed by atoms with Gasteiger partial charge in [-0.25, -0.2) is 4.79 Å². The van der Waals surface area contributed by atoms with Crippen LogP contribution in [-0.4, -0.2) is 47.8 Å². The summed E-state index contributed by atoms with van der Waals surface area (Å²) >= 11 is 0. The van der Waals surface area contributed by atoms with Crippen molar-refractivity contribution in [3.63, 3.8) is 0 Å². The number of rotatable bonds is 7. The molecule has 0 saturated heterocycles. The quantitative estimate of drug-likeness (QED) is 0.575. The molecule has 0 fully saturated rings. The second kappa shape index (κ2) is 8.68. The lowest BCUT2D eigenvalue weighted by Crippen LogP contribution is -2.46. The summed E-state index contributed by atoms with van der Waals surface area (Å²) in [6, 6.07) is 14.3. The Labute approximate surface area is 168 Å². The van der Waals surface area contributed by atoms with Crippen LogP contribution in [0.5, 0.6) is 0 Å². The number of ether oxygens (including phenoxy) is 1. The van der Waals surface area contributed by atoms with E-state index in [0.29, 0.717) is 16.7 Å². The number of carbonyl (C=O) groups excluding carboxylic acids is 4. The summed E-state index contributed by atoms with van der Waals surface area (Å²) in [5.74, 6) is -1.99. The number of hydrogen-bond donors (Lipinski definition) is 1. The van der Waals surface area contributed by atoms with Gasteiger partial charge in [0.15, 0.2) is 0 Å². The molecule has 7 heteroatoms. The average molecular weight is 394 g/mol. The molecule has 1 atom stereocenters. The van der Waals surface area contributed by atoms with Crippen LogP contribution in [-0.2, 0) is 9.53 Å². The van der Waals surface area contributed by atoms with Crippen LogP contribution >= 0.6 is 0 Å². The van der Waals surface area contributed by atoms with Gasteiger partial charge in [0, 0.05) is 5.56 Å². The van der Waals surface area contributed by atoms with E-state index in [1.165, 1.54) is 0 Å². The highest BCUT2D eigenvalue weighted by Crippen LogP contribution is 2.22. The molecule has 2 aromatic rings. The predicted octanol–water partition coefficient (Wildman–Crippen LogP) is 2.28. The number of imide groups is 1. The predicted molar refractivity (Wildman–Crippen MR) is 105 cm³/mol. The first kappa shape index (κ1) is 20.3. The van der Waals surface area contributed by atoms with Gasteiger partial charge in [-0.3, -0.25) is 19.3 Å². The topological polar surface area (TPSA) is 92.8 Å². The van der Waals surface area contributed by atoms with E-state index in [9.17, 15) is 19.2 Å². The Morgan fingerprint density at radius 2 is 1.48 bits per heavy atom. The fraction of sp³-hybridized carbons (Fsp3) is 0.273. The lowest BCUT2D eigenvalue weighted by Gasteiger charge is -2.21. The highest BCUT2D eigenvalue weighted by atomic mass is 16.5. The molecule has 0 aromatic heterocycles. The number of carbonyl (C=O) groups is 4. The standard InChI is InChI=1S/C22H22N2O5/c1-14(2)18(23-19(25)15-8-4-3-5-9-15)22(28)29-13-12-24-20(26)16-10-6-7-11-17(16)21(24)27/h3-11,14,18H,12-13H2,1-2H3,(H,23,25)/t18-/m1/s1. The summed E-state index contributed by atoms with van der Waals surface area (Å²) in [6.07, 6.45) is 0. The van der Waals surface area contributed by atoms with Crippen molar-refractivity contribution in [3.05, 3.63) is 71.3 Å². The third-order valence-electron chi connectivity index (χ3n) is 4.68. The maximum Gasteiger partial charge on any atom is 0.328 e. The van der Waals surface area contributed by atoms with Crippen LogP contribution < -0.4 is 5.32 Å². The molecular formula is C22H22N2O5. The Morgan fingerprint density at radius 1 is 0.931 bits per heavy atom. The van der Waals surface area contributed by atoms with E-state index in [1.807, 2.05) is 0 Å². The van der Waals surface area contributed by atoms with E-state index >= 15 is 0 Å². The number of amides is 3. The molecule has 29 heavy (non-hydrogen) atoms. The Bertz CT molecular complexity index is 904. The maximum absolute atomic E-state index is 12.5. The van der Waals surface area contributed by atoms with Gasteiger partial charge in [-0.15, -0.1) is 0 Å². The SMILES string of the molecule is CC(C)[C@@H](NC(=O)c1ccccc1)C(=O)OCCN1C(=O)c2ccccc2C1=O. The first-order valence-corrected chi connectivity index (χ1v) is 9.38. The molecule has 0 bridgehead atoms. The van der Waals surface area contributed by atoms with E-state index in [0.717, 1.165) is 4.90 Å². The molecular weight excluding hydrogens is 372 g/mol. The van der Waals surface area contributed by atoms with Crippen molar-refractivity contribution < 1.29 is 23.9 Å². The van der Waals surface area contributed by atoms with E-state index < -0.39 is 23.8 Å². The van der Waals surface area contributed by atoms with Crippen LogP contribution in [0.1, 0.15) is 44.9 Å². The largest absolute Gasteiger partial charge is 0.462 e. The summed E-state index contributed by atoms with van der Waals surface area (Å²) in [5.41, 5.74) is 1.13. The van der Waals surface area contributed by atoms with Gasteiger partial charge in [-0.2, -0.15) is 0 Å². The third-order valence-corrected chi connectivity index (χ3v) is 4.68. The number of hydrogen-bond acceptors (Lipinski definition) is 5. The lowest BCUT2D eigenvalue weighted by molar-refractivity contribution is -0.147. The van der Waals surface area contributed by atoms with Gasteiger partial charge in [-0.05, 0) is 30.2 Å². The molecule has 0 radical (unpaired) electrons. The first-order chi connectivity index (χ1) is 13.9. The molecule has 0 spiro atoms. The fourth-order valence-electron chi connectivity index (χ4n) is 3.08. The van der Waals surface area contributed by atoms with Gasteiger partial charge >= 0.3 is 5.97 Å². The minimum atomic E-state index is -0.843.